The molecule has 2 fully saturated rings. The first-order valence-electron chi connectivity index (χ1n) is 6.86. The molecule has 110 valence electrons. The van der Waals surface area contributed by atoms with Crippen LogP contribution >= 0.6 is 0 Å². The normalized spacial score (nSPS) is 35.1. The van der Waals surface area contributed by atoms with Crippen LogP contribution in [0.1, 0.15) is 19.4 Å². The second-order valence-corrected chi connectivity index (χ2v) is 5.63. The van der Waals surface area contributed by atoms with E-state index in [1.165, 1.54) is 0 Å². The first-order valence-corrected chi connectivity index (χ1v) is 6.86. The van der Waals surface area contributed by atoms with Gasteiger partial charge in [-0.05, 0) is 19.4 Å². The van der Waals surface area contributed by atoms with E-state index in [-0.39, 0.29) is 0 Å². The van der Waals surface area contributed by atoms with Gasteiger partial charge in [0.1, 0.15) is 18.3 Å². The van der Waals surface area contributed by atoms with E-state index in [4.69, 9.17) is 18.9 Å². The van der Waals surface area contributed by atoms with Gasteiger partial charge in [0, 0.05) is 0 Å². The molecule has 1 N–H and O–H groups in total. The molecule has 3 rings (SSSR count). The summed E-state index contributed by atoms with van der Waals surface area (Å²) < 4.78 is 22.4. The largest absolute Gasteiger partial charge is 0.387 e. The molecule has 0 bridgehead atoms. The maximum Gasteiger partial charge on any atom is 0.190 e. The molecule has 2 heterocycles. The average molecular weight is 280 g/mol. The Kier molecular flexibility index (Phi) is 3.79. The van der Waals surface area contributed by atoms with Gasteiger partial charge in [-0.3, -0.25) is 0 Å². The minimum Gasteiger partial charge on any atom is -0.387 e. The van der Waals surface area contributed by atoms with E-state index < -0.39 is 30.4 Å². The number of aliphatic hydroxyl groups is 1. The molecule has 5 nitrogen and oxygen atoms in total. The third-order valence-electron chi connectivity index (χ3n) is 3.51. The van der Waals surface area contributed by atoms with Gasteiger partial charge in [-0.25, -0.2) is 0 Å². The lowest BCUT2D eigenvalue weighted by molar-refractivity contribution is -0.220. The molecular weight excluding hydrogens is 260 g/mol. The summed E-state index contributed by atoms with van der Waals surface area (Å²) in [6, 6.07) is 9.89. The van der Waals surface area contributed by atoms with Crippen molar-refractivity contribution in [2.75, 3.05) is 6.61 Å². The highest BCUT2D eigenvalue weighted by Crippen LogP contribution is 2.37. The Bertz CT molecular complexity index is 447. The number of hydrogen-bond donors (Lipinski definition) is 1. The molecule has 1 aromatic carbocycles. The van der Waals surface area contributed by atoms with E-state index in [0.29, 0.717) is 13.2 Å². The van der Waals surface area contributed by atoms with E-state index in [1.54, 1.807) is 0 Å². The molecule has 20 heavy (non-hydrogen) atoms. The van der Waals surface area contributed by atoms with E-state index in [2.05, 4.69) is 0 Å². The molecular formula is C15H20O5. The maximum absolute atomic E-state index is 10.2. The van der Waals surface area contributed by atoms with Crippen LogP contribution < -0.4 is 0 Å². The fourth-order valence-electron chi connectivity index (χ4n) is 2.56. The number of benzene rings is 1. The Morgan fingerprint density at radius 3 is 2.65 bits per heavy atom. The average Bonchev–Trinajstić information content (AvgIpc) is 2.86. The van der Waals surface area contributed by atoms with Crippen LogP contribution in [0.4, 0.5) is 0 Å². The molecule has 2 aliphatic heterocycles. The smallest absolute Gasteiger partial charge is 0.190 e. The van der Waals surface area contributed by atoms with Gasteiger partial charge in [-0.2, -0.15) is 0 Å². The second kappa shape index (κ2) is 5.42. The van der Waals surface area contributed by atoms with Crippen molar-refractivity contribution in [1.82, 2.24) is 0 Å². The minimum atomic E-state index is -0.724. The lowest BCUT2D eigenvalue weighted by Gasteiger charge is -2.22. The highest BCUT2D eigenvalue weighted by atomic mass is 16.8. The number of rotatable bonds is 4. The van der Waals surface area contributed by atoms with Crippen molar-refractivity contribution in [1.29, 1.82) is 0 Å². The van der Waals surface area contributed by atoms with Gasteiger partial charge in [-0.15, -0.1) is 0 Å². The zero-order chi connectivity index (χ0) is 14.2. The quantitative estimate of drug-likeness (QED) is 0.904. The molecule has 0 aliphatic carbocycles. The van der Waals surface area contributed by atoms with Gasteiger partial charge < -0.3 is 24.1 Å². The van der Waals surface area contributed by atoms with Crippen LogP contribution in [-0.4, -0.2) is 42.1 Å². The zero-order valence-electron chi connectivity index (χ0n) is 11.7. The van der Waals surface area contributed by atoms with Crippen LogP contribution in [0, 0.1) is 0 Å². The molecule has 1 aromatic rings. The van der Waals surface area contributed by atoms with Crippen LogP contribution in [0.15, 0.2) is 30.3 Å². The lowest BCUT2D eigenvalue weighted by atomic mass is 10.1. The Hall–Kier alpha value is -0.980. The number of hydrogen-bond acceptors (Lipinski definition) is 5. The first kappa shape index (κ1) is 14.0. The van der Waals surface area contributed by atoms with E-state index in [9.17, 15) is 5.11 Å². The molecule has 4 atom stereocenters. The van der Waals surface area contributed by atoms with E-state index in [0.717, 1.165) is 5.56 Å². The summed E-state index contributed by atoms with van der Waals surface area (Å²) in [7, 11) is 0. The summed E-state index contributed by atoms with van der Waals surface area (Å²) >= 11 is 0. The van der Waals surface area contributed by atoms with Crippen LogP contribution in [-0.2, 0) is 25.6 Å². The molecule has 0 unspecified atom stereocenters. The van der Waals surface area contributed by atoms with Crippen LogP contribution in [0.25, 0.3) is 0 Å². The van der Waals surface area contributed by atoms with Gasteiger partial charge >= 0.3 is 0 Å². The van der Waals surface area contributed by atoms with Crippen LogP contribution in [0.3, 0.4) is 0 Å². The third kappa shape index (κ3) is 2.87. The third-order valence-corrected chi connectivity index (χ3v) is 3.51. The topological polar surface area (TPSA) is 57.2 Å². The minimum absolute atomic E-state index is 0.316. The Labute approximate surface area is 118 Å². The SMILES string of the molecule is CC1(C)O[C@@H]2O[C@H](COCc3ccccc3)[C@@H](O)[C@H]2O1. The molecule has 2 aliphatic rings. The summed E-state index contributed by atoms with van der Waals surface area (Å²) in [5.74, 6) is -0.702. The van der Waals surface area contributed by atoms with Crippen molar-refractivity contribution < 1.29 is 24.1 Å². The number of aliphatic hydroxyl groups excluding tert-OH is 1. The molecule has 0 amide bonds. The van der Waals surface area contributed by atoms with Gasteiger partial charge in [0.25, 0.3) is 0 Å². The monoisotopic (exact) mass is 280 g/mol. The van der Waals surface area contributed by atoms with Gasteiger partial charge in [0.05, 0.1) is 13.2 Å². The Morgan fingerprint density at radius 2 is 1.95 bits per heavy atom. The molecule has 0 saturated carbocycles. The highest BCUT2D eigenvalue weighted by molar-refractivity contribution is 5.13. The second-order valence-electron chi connectivity index (χ2n) is 5.63. The van der Waals surface area contributed by atoms with Crippen molar-refractivity contribution >= 4 is 0 Å². The predicted molar refractivity (Wildman–Crippen MR) is 70.8 cm³/mol. The van der Waals surface area contributed by atoms with Crippen molar-refractivity contribution in [3.63, 3.8) is 0 Å². The van der Waals surface area contributed by atoms with Crippen molar-refractivity contribution in [3.05, 3.63) is 35.9 Å². The Morgan fingerprint density at radius 1 is 1.20 bits per heavy atom. The van der Waals surface area contributed by atoms with E-state index >= 15 is 0 Å². The van der Waals surface area contributed by atoms with Gasteiger partial charge in [0.2, 0.25) is 0 Å². The summed E-state index contributed by atoms with van der Waals surface area (Å²) in [5, 5.41) is 10.2. The standard InChI is InChI=1S/C15H20O5/c1-15(2)19-13-12(16)11(18-14(13)20-15)9-17-8-10-6-4-3-5-7-10/h3-7,11-14,16H,8-9H2,1-2H3/t11-,12-,13-,14+/m1/s1. The molecule has 0 radical (unpaired) electrons. The first-order chi connectivity index (χ1) is 9.55. The lowest BCUT2D eigenvalue weighted by Crippen LogP contribution is -2.36. The summed E-state index contributed by atoms with van der Waals surface area (Å²) in [4.78, 5) is 0. The zero-order valence-corrected chi connectivity index (χ0v) is 11.7. The van der Waals surface area contributed by atoms with Crippen LogP contribution in [0.2, 0.25) is 0 Å². The fraction of sp³-hybridized carbons (Fsp3) is 0.600. The van der Waals surface area contributed by atoms with E-state index in [1.807, 2.05) is 44.2 Å². The van der Waals surface area contributed by atoms with Crippen molar-refractivity contribution in [2.45, 2.75) is 50.8 Å². The summed E-state index contributed by atoms with van der Waals surface area (Å²) in [5.41, 5.74) is 1.09. The van der Waals surface area contributed by atoms with Crippen molar-refractivity contribution in [3.8, 4) is 0 Å². The van der Waals surface area contributed by atoms with Crippen LogP contribution in [0.5, 0.6) is 0 Å². The fourth-order valence-corrected chi connectivity index (χ4v) is 2.56. The molecule has 0 aromatic heterocycles. The highest BCUT2D eigenvalue weighted by Gasteiger charge is 2.54. The summed E-state index contributed by atoms with van der Waals surface area (Å²) in [6.07, 6.45) is -2.08. The van der Waals surface area contributed by atoms with Crippen molar-refractivity contribution in [2.24, 2.45) is 0 Å². The van der Waals surface area contributed by atoms with Gasteiger partial charge in [-0.1, -0.05) is 30.3 Å². The maximum atomic E-state index is 10.2. The Balaban J connectivity index is 1.49. The predicted octanol–water partition coefficient (Wildman–Crippen LogP) is 1.44. The molecule has 2 saturated heterocycles. The number of ether oxygens (including phenoxy) is 4. The summed E-state index contributed by atoms with van der Waals surface area (Å²) in [6.45, 7) is 4.43. The molecule has 5 heteroatoms. The molecule has 0 spiro atoms. The number of fused-ring (bicyclic) bond motifs is 1. The van der Waals surface area contributed by atoms with Gasteiger partial charge in [0.15, 0.2) is 12.1 Å².